The van der Waals surface area contributed by atoms with E-state index in [1.807, 2.05) is 30.3 Å². The summed E-state index contributed by atoms with van der Waals surface area (Å²) < 4.78 is 0. The van der Waals surface area contributed by atoms with Gasteiger partial charge in [-0.25, -0.2) is 0 Å². The van der Waals surface area contributed by atoms with Gasteiger partial charge in [-0.2, -0.15) is 10.2 Å². The number of hydrogen-bond donors (Lipinski definition) is 1. The summed E-state index contributed by atoms with van der Waals surface area (Å²) in [6.45, 7) is 0. The molecule has 0 saturated carbocycles. The van der Waals surface area contributed by atoms with Crippen molar-refractivity contribution in [1.29, 1.82) is 0 Å². The average Bonchev–Trinajstić information content (AvgIpc) is 3.16. The SMILES string of the molecule is O=C(C=Cc1ccc([N+](=O)[O-])s1)Nc1ccc(N=Nc2ccccc2)cc1. The van der Waals surface area contributed by atoms with Crippen LogP contribution in [0.25, 0.3) is 6.08 Å². The summed E-state index contributed by atoms with van der Waals surface area (Å²) in [6, 6.07) is 19.3. The highest BCUT2D eigenvalue weighted by molar-refractivity contribution is 7.16. The molecule has 3 rings (SSSR count). The fourth-order valence-electron chi connectivity index (χ4n) is 2.09. The second-order valence-corrected chi connectivity index (χ2v) is 6.43. The predicted molar refractivity (Wildman–Crippen MR) is 106 cm³/mol. The number of thiophene rings is 1. The number of hydrogen-bond acceptors (Lipinski definition) is 6. The molecular formula is C19H14N4O3S. The number of carbonyl (C=O) groups is 1. The van der Waals surface area contributed by atoms with E-state index in [2.05, 4.69) is 15.5 Å². The monoisotopic (exact) mass is 378 g/mol. The molecule has 0 spiro atoms. The molecule has 0 aliphatic heterocycles. The minimum Gasteiger partial charge on any atom is -0.323 e. The van der Waals surface area contributed by atoms with Gasteiger partial charge in [0.1, 0.15) is 0 Å². The molecule has 0 atom stereocenters. The third-order valence-electron chi connectivity index (χ3n) is 3.36. The summed E-state index contributed by atoms with van der Waals surface area (Å²) in [5.41, 5.74) is 2.03. The van der Waals surface area contributed by atoms with Crippen LogP contribution in [-0.4, -0.2) is 10.8 Å². The quantitative estimate of drug-likeness (QED) is 0.257. The number of benzene rings is 2. The van der Waals surface area contributed by atoms with E-state index in [0.29, 0.717) is 16.3 Å². The van der Waals surface area contributed by atoms with Gasteiger partial charge in [0.15, 0.2) is 0 Å². The molecule has 1 N–H and O–H groups in total. The minimum absolute atomic E-state index is 0.0373. The van der Waals surface area contributed by atoms with E-state index >= 15 is 0 Å². The Hall–Kier alpha value is -3.65. The Morgan fingerprint density at radius 1 is 0.963 bits per heavy atom. The molecule has 1 aromatic heterocycles. The highest BCUT2D eigenvalue weighted by Gasteiger charge is 2.08. The van der Waals surface area contributed by atoms with Crippen LogP contribution in [0, 0.1) is 10.1 Å². The molecule has 0 saturated heterocycles. The van der Waals surface area contributed by atoms with Crippen LogP contribution in [0.3, 0.4) is 0 Å². The third kappa shape index (κ3) is 5.41. The van der Waals surface area contributed by atoms with Crippen molar-refractivity contribution in [2.24, 2.45) is 10.2 Å². The Balaban J connectivity index is 1.57. The molecule has 0 radical (unpaired) electrons. The zero-order chi connectivity index (χ0) is 19.1. The van der Waals surface area contributed by atoms with Crippen LogP contribution in [0.15, 0.2) is 83.0 Å². The average molecular weight is 378 g/mol. The van der Waals surface area contributed by atoms with Crippen LogP contribution >= 0.6 is 11.3 Å². The highest BCUT2D eigenvalue weighted by atomic mass is 32.1. The van der Waals surface area contributed by atoms with E-state index in [1.54, 1.807) is 30.3 Å². The van der Waals surface area contributed by atoms with Gasteiger partial charge in [-0.1, -0.05) is 29.5 Å². The Labute approximate surface area is 158 Å². The number of anilines is 1. The maximum atomic E-state index is 12.0. The van der Waals surface area contributed by atoms with Crippen molar-refractivity contribution >= 4 is 45.4 Å². The normalized spacial score (nSPS) is 11.1. The van der Waals surface area contributed by atoms with Gasteiger partial charge in [-0.05, 0) is 48.5 Å². The maximum absolute atomic E-state index is 12.0. The van der Waals surface area contributed by atoms with Crippen LogP contribution in [0.4, 0.5) is 22.1 Å². The predicted octanol–water partition coefficient (Wildman–Crippen LogP) is 5.72. The first kappa shape index (κ1) is 18.2. The van der Waals surface area contributed by atoms with Crippen LogP contribution in [0.5, 0.6) is 0 Å². The molecular weight excluding hydrogens is 364 g/mol. The molecule has 0 aliphatic carbocycles. The summed E-state index contributed by atoms with van der Waals surface area (Å²) in [5.74, 6) is -0.329. The second-order valence-electron chi connectivity index (χ2n) is 5.34. The van der Waals surface area contributed by atoms with Crippen molar-refractivity contribution < 1.29 is 9.72 Å². The number of nitrogens with zero attached hydrogens (tertiary/aromatic N) is 3. The highest BCUT2D eigenvalue weighted by Crippen LogP contribution is 2.25. The largest absolute Gasteiger partial charge is 0.324 e. The summed E-state index contributed by atoms with van der Waals surface area (Å²) in [6.07, 6.45) is 2.87. The molecule has 134 valence electrons. The number of amides is 1. The van der Waals surface area contributed by atoms with Gasteiger partial charge in [0.25, 0.3) is 0 Å². The van der Waals surface area contributed by atoms with Crippen molar-refractivity contribution in [3.05, 3.63) is 87.8 Å². The van der Waals surface area contributed by atoms with Crippen molar-refractivity contribution in [3.8, 4) is 0 Å². The number of carbonyl (C=O) groups excluding carboxylic acids is 1. The lowest BCUT2D eigenvalue weighted by Gasteiger charge is -2.01. The second kappa shape index (κ2) is 8.63. The lowest BCUT2D eigenvalue weighted by molar-refractivity contribution is -0.380. The fourth-order valence-corrected chi connectivity index (χ4v) is 2.82. The van der Waals surface area contributed by atoms with Crippen molar-refractivity contribution in [3.63, 3.8) is 0 Å². The van der Waals surface area contributed by atoms with Crippen molar-refractivity contribution in [2.45, 2.75) is 0 Å². The summed E-state index contributed by atoms with van der Waals surface area (Å²) in [5, 5.41) is 21.7. The van der Waals surface area contributed by atoms with Gasteiger partial charge in [0.2, 0.25) is 5.91 Å². The van der Waals surface area contributed by atoms with Crippen LogP contribution in [0.2, 0.25) is 0 Å². The first-order valence-corrected chi connectivity index (χ1v) is 8.72. The van der Waals surface area contributed by atoms with Crippen LogP contribution in [-0.2, 0) is 4.79 Å². The zero-order valence-electron chi connectivity index (χ0n) is 14.0. The molecule has 7 nitrogen and oxygen atoms in total. The molecule has 0 unspecified atom stereocenters. The Morgan fingerprint density at radius 3 is 2.26 bits per heavy atom. The zero-order valence-corrected chi connectivity index (χ0v) is 14.8. The molecule has 1 amide bonds. The Kier molecular flexibility index (Phi) is 5.80. The number of azo groups is 1. The summed E-state index contributed by atoms with van der Waals surface area (Å²) in [4.78, 5) is 22.8. The Bertz CT molecular complexity index is 995. The number of nitro groups is 1. The van der Waals surface area contributed by atoms with E-state index in [9.17, 15) is 14.9 Å². The van der Waals surface area contributed by atoms with Gasteiger partial charge >= 0.3 is 5.00 Å². The molecule has 0 aliphatic rings. The van der Waals surface area contributed by atoms with Gasteiger partial charge < -0.3 is 5.32 Å². The summed E-state index contributed by atoms with van der Waals surface area (Å²) in [7, 11) is 0. The van der Waals surface area contributed by atoms with Crippen molar-refractivity contribution in [2.75, 3.05) is 5.32 Å². The summed E-state index contributed by atoms with van der Waals surface area (Å²) >= 11 is 1.01. The topological polar surface area (TPSA) is 97.0 Å². The Morgan fingerprint density at radius 2 is 1.63 bits per heavy atom. The van der Waals surface area contributed by atoms with Gasteiger partial charge in [0, 0.05) is 22.7 Å². The number of nitrogens with one attached hydrogen (secondary N) is 1. The third-order valence-corrected chi connectivity index (χ3v) is 4.37. The maximum Gasteiger partial charge on any atom is 0.324 e. The fraction of sp³-hybridized carbons (Fsp3) is 0. The van der Waals surface area contributed by atoms with Crippen LogP contribution < -0.4 is 5.32 Å². The van der Waals surface area contributed by atoms with E-state index < -0.39 is 4.92 Å². The molecule has 0 bridgehead atoms. The smallest absolute Gasteiger partial charge is 0.323 e. The van der Waals surface area contributed by atoms with Gasteiger partial charge in [0.05, 0.1) is 16.3 Å². The van der Waals surface area contributed by atoms with Crippen molar-refractivity contribution in [1.82, 2.24) is 0 Å². The first-order valence-electron chi connectivity index (χ1n) is 7.90. The molecule has 8 heteroatoms. The van der Waals surface area contributed by atoms with E-state index in [0.717, 1.165) is 17.0 Å². The molecule has 3 aromatic rings. The first-order chi connectivity index (χ1) is 13.1. The molecule has 27 heavy (non-hydrogen) atoms. The lowest BCUT2D eigenvalue weighted by atomic mass is 10.3. The lowest BCUT2D eigenvalue weighted by Crippen LogP contribution is -2.07. The van der Waals surface area contributed by atoms with E-state index in [-0.39, 0.29) is 10.9 Å². The van der Waals surface area contributed by atoms with Crippen LogP contribution in [0.1, 0.15) is 4.88 Å². The molecule has 1 heterocycles. The molecule has 0 fully saturated rings. The van der Waals surface area contributed by atoms with E-state index in [4.69, 9.17) is 0 Å². The van der Waals surface area contributed by atoms with E-state index in [1.165, 1.54) is 18.2 Å². The van der Waals surface area contributed by atoms with Gasteiger partial charge in [-0.3, -0.25) is 14.9 Å². The number of rotatable bonds is 6. The molecule has 2 aromatic carbocycles. The van der Waals surface area contributed by atoms with Gasteiger partial charge in [-0.15, -0.1) is 0 Å². The minimum atomic E-state index is -0.460. The standard InChI is InChI=1S/C19H14N4O3S/c24-18(12-10-17-11-13-19(27-17)23(25)26)20-14-6-8-16(9-7-14)22-21-15-4-2-1-3-5-15/h1-13H,(H,20,24).